The van der Waals surface area contributed by atoms with Crippen LogP contribution in [0.1, 0.15) is 22.9 Å². The molecular weight excluding hydrogens is 340 g/mol. The van der Waals surface area contributed by atoms with E-state index >= 15 is 0 Å². The van der Waals surface area contributed by atoms with Gasteiger partial charge in [0.25, 0.3) is 0 Å². The first-order valence-corrected chi connectivity index (χ1v) is 6.32. The average Bonchev–Trinajstić information content (AvgIpc) is 2.38. The monoisotopic (exact) mass is 348 g/mol. The molecule has 106 valence electrons. The van der Waals surface area contributed by atoms with E-state index in [-0.39, 0.29) is 5.56 Å². The predicted molar refractivity (Wildman–Crippen MR) is 69.4 cm³/mol. The fourth-order valence-corrected chi connectivity index (χ4v) is 1.93. The molecule has 0 aliphatic rings. The first-order chi connectivity index (χ1) is 9.29. The Morgan fingerprint density at radius 2 is 1.85 bits per heavy atom. The molecule has 1 aromatic heterocycles. The second-order valence-electron chi connectivity index (χ2n) is 4.12. The maximum absolute atomic E-state index is 13.2. The Labute approximate surface area is 120 Å². The smallest absolute Gasteiger partial charge is 0.319 e. The van der Waals surface area contributed by atoms with Crippen molar-refractivity contribution in [3.8, 4) is 0 Å². The van der Waals surface area contributed by atoms with Gasteiger partial charge in [-0.05, 0) is 45.8 Å². The summed E-state index contributed by atoms with van der Waals surface area (Å²) in [5.41, 5.74) is 5.07. The van der Waals surface area contributed by atoms with Gasteiger partial charge in [0.05, 0.1) is 17.3 Å². The highest BCUT2D eigenvalue weighted by Gasteiger charge is 2.34. The topological polar surface area (TPSA) is 38.9 Å². The quantitative estimate of drug-likeness (QED) is 0.831. The van der Waals surface area contributed by atoms with Crippen LogP contribution >= 0.6 is 15.9 Å². The molecule has 2 aromatic rings. The van der Waals surface area contributed by atoms with Crippen molar-refractivity contribution in [3.05, 3.63) is 63.6 Å². The van der Waals surface area contributed by atoms with Gasteiger partial charge in [-0.3, -0.25) is 4.98 Å². The number of nitrogens with zero attached hydrogens (tertiary/aromatic N) is 1. The van der Waals surface area contributed by atoms with Gasteiger partial charge in [-0.15, -0.1) is 0 Å². The molecule has 0 fully saturated rings. The SMILES string of the molecule is NC(c1ccc(F)c(C(F)(F)F)c1)c1ccc(Br)cn1. The van der Waals surface area contributed by atoms with Gasteiger partial charge < -0.3 is 5.73 Å². The standard InChI is InChI=1S/C13H9BrF4N2/c14-8-2-4-11(20-6-8)12(19)7-1-3-10(15)9(5-7)13(16,17)18/h1-6,12H,19H2. The van der Waals surface area contributed by atoms with Crippen LogP contribution in [-0.2, 0) is 6.18 Å². The van der Waals surface area contributed by atoms with Crippen LogP contribution in [-0.4, -0.2) is 4.98 Å². The van der Waals surface area contributed by atoms with Crippen LogP contribution in [0.3, 0.4) is 0 Å². The lowest BCUT2D eigenvalue weighted by molar-refractivity contribution is -0.140. The van der Waals surface area contributed by atoms with Crippen LogP contribution in [0.25, 0.3) is 0 Å². The van der Waals surface area contributed by atoms with Crippen molar-refractivity contribution in [1.29, 1.82) is 0 Å². The van der Waals surface area contributed by atoms with E-state index in [1.54, 1.807) is 12.1 Å². The van der Waals surface area contributed by atoms with Crippen molar-refractivity contribution in [2.75, 3.05) is 0 Å². The molecule has 1 aromatic carbocycles. The lowest BCUT2D eigenvalue weighted by Gasteiger charge is -2.15. The van der Waals surface area contributed by atoms with E-state index in [0.29, 0.717) is 11.8 Å². The van der Waals surface area contributed by atoms with Crippen molar-refractivity contribution in [3.63, 3.8) is 0 Å². The Morgan fingerprint density at radius 1 is 1.15 bits per heavy atom. The van der Waals surface area contributed by atoms with Gasteiger partial charge >= 0.3 is 6.18 Å². The van der Waals surface area contributed by atoms with Crippen molar-refractivity contribution in [2.45, 2.75) is 12.2 Å². The molecular formula is C13H9BrF4N2. The highest BCUT2D eigenvalue weighted by molar-refractivity contribution is 9.10. The number of hydrogen-bond acceptors (Lipinski definition) is 2. The Bertz CT molecular complexity index is 611. The number of alkyl halides is 3. The third kappa shape index (κ3) is 3.16. The van der Waals surface area contributed by atoms with E-state index in [1.165, 1.54) is 12.3 Å². The lowest BCUT2D eigenvalue weighted by Crippen LogP contribution is -2.16. The molecule has 0 aliphatic heterocycles. The fourth-order valence-electron chi connectivity index (χ4n) is 1.70. The Hall–Kier alpha value is -1.47. The summed E-state index contributed by atoms with van der Waals surface area (Å²) in [5.74, 6) is -1.32. The zero-order valence-corrected chi connectivity index (χ0v) is 11.5. The first kappa shape index (κ1) is 14.9. The van der Waals surface area contributed by atoms with Crippen molar-refractivity contribution < 1.29 is 17.6 Å². The maximum atomic E-state index is 13.2. The molecule has 0 aliphatic carbocycles. The van der Waals surface area contributed by atoms with Crippen molar-refractivity contribution in [2.24, 2.45) is 5.73 Å². The van der Waals surface area contributed by atoms with E-state index in [1.807, 2.05) is 0 Å². The third-order valence-corrected chi connectivity index (χ3v) is 3.19. The van der Waals surface area contributed by atoms with Gasteiger partial charge in [0, 0.05) is 10.7 Å². The molecule has 0 bridgehead atoms. The summed E-state index contributed by atoms with van der Waals surface area (Å²) in [6, 6.07) is 5.10. The van der Waals surface area contributed by atoms with Gasteiger partial charge in [-0.25, -0.2) is 4.39 Å². The molecule has 2 rings (SSSR count). The van der Waals surface area contributed by atoms with Crippen LogP contribution in [0.15, 0.2) is 41.0 Å². The summed E-state index contributed by atoms with van der Waals surface area (Å²) in [6.07, 6.45) is -3.27. The zero-order valence-electron chi connectivity index (χ0n) is 9.96. The molecule has 0 spiro atoms. The minimum Gasteiger partial charge on any atom is -0.319 e. The number of pyridine rings is 1. The van der Waals surface area contributed by atoms with E-state index in [9.17, 15) is 17.6 Å². The van der Waals surface area contributed by atoms with Crippen LogP contribution in [0.2, 0.25) is 0 Å². The minimum atomic E-state index is -4.76. The molecule has 1 unspecified atom stereocenters. The highest BCUT2D eigenvalue weighted by atomic mass is 79.9. The normalized spacial score (nSPS) is 13.3. The van der Waals surface area contributed by atoms with E-state index in [4.69, 9.17) is 5.73 Å². The molecule has 20 heavy (non-hydrogen) atoms. The highest BCUT2D eigenvalue weighted by Crippen LogP contribution is 2.33. The molecule has 0 saturated heterocycles. The summed E-state index contributed by atoms with van der Waals surface area (Å²) in [7, 11) is 0. The number of benzene rings is 1. The van der Waals surface area contributed by atoms with Gasteiger partial charge in [0.1, 0.15) is 5.82 Å². The van der Waals surface area contributed by atoms with E-state index in [2.05, 4.69) is 20.9 Å². The minimum absolute atomic E-state index is 0.147. The first-order valence-electron chi connectivity index (χ1n) is 5.52. The van der Waals surface area contributed by atoms with Gasteiger partial charge in [0.15, 0.2) is 0 Å². The molecule has 1 atom stereocenters. The van der Waals surface area contributed by atoms with E-state index < -0.39 is 23.6 Å². The summed E-state index contributed by atoms with van der Waals surface area (Å²) in [5, 5.41) is 0. The van der Waals surface area contributed by atoms with Gasteiger partial charge in [-0.2, -0.15) is 13.2 Å². The van der Waals surface area contributed by atoms with E-state index in [0.717, 1.165) is 10.5 Å². The molecule has 1 heterocycles. The van der Waals surface area contributed by atoms with Crippen LogP contribution in [0.4, 0.5) is 17.6 Å². The molecule has 7 heteroatoms. The van der Waals surface area contributed by atoms with Crippen molar-refractivity contribution in [1.82, 2.24) is 4.98 Å². The van der Waals surface area contributed by atoms with Crippen molar-refractivity contribution >= 4 is 15.9 Å². The Balaban J connectivity index is 2.40. The molecule has 2 nitrogen and oxygen atoms in total. The summed E-state index contributed by atoms with van der Waals surface area (Å²) < 4.78 is 51.9. The largest absolute Gasteiger partial charge is 0.419 e. The number of rotatable bonds is 2. The lowest BCUT2D eigenvalue weighted by atomic mass is 10.0. The fraction of sp³-hybridized carbons (Fsp3) is 0.154. The molecule has 0 radical (unpaired) electrons. The number of nitrogens with two attached hydrogens (primary N) is 1. The average molecular weight is 349 g/mol. The predicted octanol–water partition coefficient (Wildman–Crippen LogP) is 4.05. The second kappa shape index (κ2) is 5.49. The van der Waals surface area contributed by atoms with Gasteiger partial charge in [0.2, 0.25) is 0 Å². The summed E-state index contributed by atoms with van der Waals surface area (Å²) >= 11 is 3.20. The van der Waals surface area contributed by atoms with Gasteiger partial charge in [-0.1, -0.05) is 6.07 Å². The molecule has 0 saturated carbocycles. The van der Waals surface area contributed by atoms with Crippen LogP contribution in [0.5, 0.6) is 0 Å². The Kier molecular flexibility index (Phi) is 4.10. The van der Waals surface area contributed by atoms with Crippen LogP contribution < -0.4 is 5.73 Å². The number of halogens is 5. The maximum Gasteiger partial charge on any atom is 0.419 e. The summed E-state index contributed by atoms with van der Waals surface area (Å²) in [4.78, 5) is 4.02. The third-order valence-electron chi connectivity index (χ3n) is 2.72. The summed E-state index contributed by atoms with van der Waals surface area (Å²) in [6.45, 7) is 0. The number of hydrogen-bond donors (Lipinski definition) is 1. The molecule has 0 amide bonds. The molecule has 2 N–H and O–H groups in total. The van der Waals surface area contributed by atoms with Crippen LogP contribution in [0, 0.1) is 5.82 Å². The number of aromatic nitrogens is 1. The second-order valence-corrected chi connectivity index (χ2v) is 5.03. The Morgan fingerprint density at radius 3 is 2.40 bits per heavy atom. The zero-order chi connectivity index (χ0) is 14.9.